The Balaban J connectivity index is 1.10. The number of thiazole rings is 1. The van der Waals surface area contributed by atoms with Crippen molar-refractivity contribution in [2.75, 3.05) is 0 Å². The molecule has 4 heterocycles. The van der Waals surface area contributed by atoms with Crippen molar-refractivity contribution in [3.63, 3.8) is 0 Å². The fourth-order valence-electron chi connectivity index (χ4n) is 6.24. The van der Waals surface area contributed by atoms with Crippen molar-refractivity contribution in [1.82, 2.24) is 24.9 Å². The molecule has 0 radical (unpaired) electrons. The van der Waals surface area contributed by atoms with Crippen LogP contribution in [0.5, 0.6) is 0 Å². The van der Waals surface area contributed by atoms with E-state index in [0.29, 0.717) is 23.4 Å². The molecule has 8 heteroatoms. The van der Waals surface area contributed by atoms with Crippen LogP contribution in [-0.2, 0) is 0 Å². The van der Waals surface area contributed by atoms with Crippen molar-refractivity contribution in [1.29, 1.82) is 0 Å². The van der Waals surface area contributed by atoms with Crippen LogP contribution in [0.25, 0.3) is 97.7 Å². The molecule has 0 amide bonds. The van der Waals surface area contributed by atoms with Gasteiger partial charge in [0.05, 0.1) is 10.2 Å². The molecule has 0 saturated heterocycles. The Morgan fingerprint density at radius 1 is 0.429 bits per heavy atom. The first kappa shape index (κ1) is 28.0. The van der Waals surface area contributed by atoms with E-state index in [9.17, 15) is 0 Å². The number of hydrogen-bond donors (Lipinski definition) is 0. The molecule has 49 heavy (non-hydrogen) atoms. The van der Waals surface area contributed by atoms with Gasteiger partial charge in [-0.05, 0) is 42.5 Å². The van der Waals surface area contributed by atoms with Crippen LogP contribution < -0.4 is 0 Å². The van der Waals surface area contributed by atoms with Gasteiger partial charge in [0, 0.05) is 48.0 Å². The first-order valence-corrected chi connectivity index (χ1v) is 17.5. The van der Waals surface area contributed by atoms with Crippen molar-refractivity contribution in [2.24, 2.45) is 0 Å². The minimum absolute atomic E-state index is 0.615. The van der Waals surface area contributed by atoms with Gasteiger partial charge >= 0.3 is 0 Å². The molecular weight excluding hydrogens is 643 g/mol. The Morgan fingerprint density at radius 2 is 1.10 bits per heavy atom. The van der Waals surface area contributed by atoms with Gasteiger partial charge < -0.3 is 4.42 Å². The van der Waals surface area contributed by atoms with E-state index in [1.807, 2.05) is 66.7 Å². The van der Waals surface area contributed by atoms with Gasteiger partial charge in [0.1, 0.15) is 10.5 Å². The lowest BCUT2D eigenvalue weighted by molar-refractivity contribution is 0.620. The minimum atomic E-state index is 0.615. The van der Waals surface area contributed by atoms with E-state index in [1.165, 1.54) is 4.70 Å². The second kappa shape index (κ2) is 11.3. The molecular formula is C41H23N5OS2. The summed E-state index contributed by atoms with van der Waals surface area (Å²) in [4.78, 5) is 24.7. The van der Waals surface area contributed by atoms with Crippen LogP contribution in [0.4, 0.5) is 0 Å². The fourth-order valence-corrected chi connectivity index (χ4v) is 8.38. The van der Waals surface area contributed by atoms with E-state index in [1.54, 1.807) is 22.7 Å². The Hall–Kier alpha value is -6.09. The minimum Gasteiger partial charge on any atom is -0.436 e. The molecule has 0 spiro atoms. The van der Waals surface area contributed by atoms with E-state index < -0.39 is 0 Å². The number of benzene rings is 6. The van der Waals surface area contributed by atoms with Crippen LogP contribution >= 0.6 is 22.7 Å². The van der Waals surface area contributed by atoms with Gasteiger partial charge in [-0.25, -0.2) is 24.9 Å². The van der Waals surface area contributed by atoms with Gasteiger partial charge in [-0.2, -0.15) is 0 Å². The maximum atomic E-state index is 6.09. The normalized spacial score (nSPS) is 11.7. The van der Waals surface area contributed by atoms with Gasteiger partial charge in [-0.3, -0.25) is 0 Å². The number of rotatable bonds is 5. The molecule has 0 atom stereocenters. The SMILES string of the molecule is c1ccc(-c2nc(-c3ccc(-c4nc5ccccc5s4)cc3)nc(-c3cccc4sc5cc(-c6nc7ccccc7o6)ccc5c34)n2)cc1. The fraction of sp³-hybridized carbons (Fsp3) is 0. The van der Waals surface area contributed by atoms with Gasteiger partial charge in [0.2, 0.25) is 5.89 Å². The van der Waals surface area contributed by atoms with Gasteiger partial charge in [-0.1, -0.05) is 97.1 Å². The van der Waals surface area contributed by atoms with Crippen LogP contribution in [0, 0.1) is 0 Å². The number of hydrogen-bond acceptors (Lipinski definition) is 8. The van der Waals surface area contributed by atoms with Crippen LogP contribution in [0.1, 0.15) is 0 Å². The summed E-state index contributed by atoms with van der Waals surface area (Å²) in [5, 5.41) is 3.25. The summed E-state index contributed by atoms with van der Waals surface area (Å²) in [6.07, 6.45) is 0. The smallest absolute Gasteiger partial charge is 0.227 e. The second-order valence-corrected chi connectivity index (χ2v) is 13.8. The quantitative estimate of drug-likeness (QED) is 0.182. The predicted molar refractivity (Wildman–Crippen MR) is 201 cm³/mol. The maximum Gasteiger partial charge on any atom is 0.227 e. The molecule has 0 aliphatic rings. The Labute approximate surface area is 288 Å². The highest BCUT2D eigenvalue weighted by Crippen LogP contribution is 2.41. The zero-order chi connectivity index (χ0) is 32.3. The van der Waals surface area contributed by atoms with Crippen molar-refractivity contribution in [3.05, 3.63) is 140 Å². The van der Waals surface area contributed by atoms with E-state index in [0.717, 1.165) is 69.6 Å². The van der Waals surface area contributed by atoms with Crippen molar-refractivity contribution < 1.29 is 4.42 Å². The van der Waals surface area contributed by atoms with Crippen molar-refractivity contribution in [3.8, 4) is 56.2 Å². The Morgan fingerprint density at radius 3 is 1.92 bits per heavy atom. The molecule has 10 aromatic rings. The van der Waals surface area contributed by atoms with Gasteiger partial charge in [-0.15, -0.1) is 22.7 Å². The highest BCUT2D eigenvalue weighted by molar-refractivity contribution is 7.26. The van der Waals surface area contributed by atoms with Crippen molar-refractivity contribution in [2.45, 2.75) is 0 Å². The van der Waals surface area contributed by atoms with Gasteiger partial charge in [0.15, 0.2) is 23.1 Å². The third kappa shape index (κ3) is 4.88. The molecule has 0 fully saturated rings. The monoisotopic (exact) mass is 665 g/mol. The summed E-state index contributed by atoms with van der Waals surface area (Å²) in [7, 11) is 0. The molecule has 6 aromatic carbocycles. The topological polar surface area (TPSA) is 77.6 Å². The summed E-state index contributed by atoms with van der Waals surface area (Å²) in [6, 6.07) is 47.2. The molecule has 10 rings (SSSR count). The Kier molecular flexibility index (Phi) is 6.43. The number of thiophene rings is 1. The third-order valence-electron chi connectivity index (χ3n) is 8.63. The zero-order valence-corrected chi connectivity index (χ0v) is 27.4. The van der Waals surface area contributed by atoms with Crippen molar-refractivity contribution >= 4 is 64.2 Å². The average Bonchev–Trinajstić information content (AvgIpc) is 3.90. The average molecular weight is 666 g/mol. The summed E-state index contributed by atoms with van der Waals surface area (Å²) < 4.78 is 9.57. The molecule has 0 aliphatic heterocycles. The summed E-state index contributed by atoms with van der Waals surface area (Å²) in [5.74, 6) is 2.50. The summed E-state index contributed by atoms with van der Waals surface area (Å²) in [5.41, 5.74) is 7.46. The molecule has 6 nitrogen and oxygen atoms in total. The maximum absolute atomic E-state index is 6.09. The second-order valence-electron chi connectivity index (χ2n) is 11.7. The molecule has 0 unspecified atom stereocenters. The van der Waals surface area contributed by atoms with E-state index in [4.69, 9.17) is 29.3 Å². The predicted octanol–water partition coefficient (Wildman–Crippen LogP) is 11.3. The number of fused-ring (bicyclic) bond motifs is 5. The standard InChI is InChI=1S/C41H23N5OS2/c1-2-9-24(10-3-1)37-44-38(25-17-19-26(20-18-25)41-43-31-13-5-7-15-33(31)49-41)46-39(45-37)29-11-8-16-34-36(29)28-22-21-27(23-35(28)48-34)40-42-30-12-4-6-14-32(30)47-40/h1-23H. The Bertz CT molecular complexity index is 2770. The zero-order valence-electron chi connectivity index (χ0n) is 25.7. The number of oxazole rings is 1. The highest BCUT2D eigenvalue weighted by Gasteiger charge is 2.18. The first-order chi connectivity index (χ1) is 24.2. The van der Waals surface area contributed by atoms with E-state index in [2.05, 4.69) is 72.8 Å². The van der Waals surface area contributed by atoms with Gasteiger partial charge in [0.25, 0.3) is 0 Å². The summed E-state index contributed by atoms with van der Waals surface area (Å²) in [6.45, 7) is 0. The molecule has 0 saturated carbocycles. The highest BCUT2D eigenvalue weighted by atomic mass is 32.1. The molecule has 4 aromatic heterocycles. The lowest BCUT2D eigenvalue weighted by Gasteiger charge is -2.10. The third-order valence-corrected chi connectivity index (χ3v) is 10.8. The number of para-hydroxylation sites is 3. The van der Waals surface area contributed by atoms with Crippen LogP contribution in [-0.4, -0.2) is 24.9 Å². The molecule has 0 N–H and O–H groups in total. The van der Waals surface area contributed by atoms with E-state index >= 15 is 0 Å². The largest absolute Gasteiger partial charge is 0.436 e. The number of nitrogens with zero attached hydrogens (tertiary/aromatic N) is 5. The van der Waals surface area contributed by atoms with E-state index in [-0.39, 0.29) is 0 Å². The molecule has 0 aliphatic carbocycles. The lowest BCUT2D eigenvalue weighted by atomic mass is 10.0. The lowest BCUT2D eigenvalue weighted by Crippen LogP contribution is -2.00. The molecule has 0 bridgehead atoms. The summed E-state index contributed by atoms with van der Waals surface area (Å²) >= 11 is 3.44. The van der Waals surface area contributed by atoms with Crippen LogP contribution in [0.2, 0.25) is 0 Å². The number of aromatic nitrogens is 5. The van der Waals surface area contributed by atoms with Crippen LogP contribution in [0.15, 0.2) is 144 Å². The molecule has 230 valence electrons. The van der Waals surface area contributed by atoms with Crippen LogP contribution in [0.3, 0.4) is 0 Å². The first-order valence-electron chi connectivity index (χ1n) is 15.8.